The summed E-state index contributed by atoms with van der Waals surface area (Å²) >= 11 is 5.90. The number of carbonyl (C=O) groups excluding carboxylic acids is 1. The second kappa shape index (κ2) is 7.15. The Kier molecular flexibility index (Phi) is 5.44. The van der Waals surface area contributed by atoms with Gasteiger partial charge in [-0.25, -0.2) is 4.68 Å². The molecule has 0 aliphatic heterocycles. The van der Waals surface area contributed by atoms with Gasteiger partial charge in [0, 0.05) is 17.8 Å². The number of nitrogens with two attached hydrogens (primary N) is 1. The lowest BCUT2D eigenvalue weighted by Gasteiger charge is -2.31. The molecule has 0 atom stereocenters. The average Bonchev–Trinajstić information content (AvgIpc) is 2.95. The summed E-state index contributed by atoms with van der Waals surface area (Å²) in [6, 6.07) is 7.31. The number of carbonyl (C=O) groups is 1. The Morgan fingerprint density at radius 2 is 1.91 bits per heavy atom. The van der Waals surface area contributed by atoms with E-state index in [0.717, 1.165) is 18.5 Å². The molecule has 6 heteroatoms. The Morgan fingerprint density at radius 3 is 2.43 bits per heavy atom. The third-order valence-corrected chi connectivity index (χ3v) is 4.61. The molecule has 124 valence electrons. The van der Waals surface area contributed by atoms with Crippen molar-refractivity contribution in [3.8, 4) is 5.69 Å². The molecular formula is C17H23ClN4O. The van der Waals surface area contributed by atoms with E-state index in [1.807, 2.05) is 32.9 Å². The quantitative estimate of drug-likeness (QED) is 0.852. The first kappa shape index (κ1) is 17.5. The maximum atomic E-state index is 12.6. The van der Waals surface area contributed by atoms with Crippen molar-refractivity contribution in [3.05, 3.63) is 46.7 Å². The highest BCUT2D eigenvalue weighted by molar-refractivity contribution is 6.30. The van der Waals surface area contributed by atoms with Crippen molar-refractivity contribution in [3.63, 3.8) is 0 Å². The Morgan fingerprint density at radius 1 is 1.30 bits per heavy atom. The van der Waals surface area contributed by atoms with Crippen molar-refractivity contribution in [1.82, 2.24) is 15.1 Å². The van der Waals surface area contributed by atoms with E-state index in [1.54, 1.807) is 23.0 Å². The smallest absolute Gasteiger partial charge is 0.255 e. The van der Waals surface area contributed by atoms with Crippen molar-refractivity contribution in [2.24, 2.45) is 5.73 Å². The van der Waals surface area contributed by atoms with E-state index in [1.165, 1.54) is 0 Å². The fraction of sp³-hybridized carbons (Fsp3) is 0.412. The van der Waals surface area contributed by atoms with E-state index < -0.39 is 0 Å². The topological polar surface area (TPSA) is 72.9 Å². The molecule has 0 aliphatic carbocycles. The van der Waals surface area contributed by atoms with Gasteiger partial charge < -0.3 is 11.1 Å². The molecule has 1 heterocycles. The minimum atomic E-state index is -0.369. The van der Waals surface area contributed by atoms with Gasteiger partial charge in [0.05, 0.1) is 22.5 Å². The zero-order valence-electron chi connectivity index (χ0n) is 13.8. The zero-order valence-corrected chi connectivity index (χ0v) is 14.5. The number of nitrogens with zero attached hydrogens (tertiary/aromatic N) is 2. The molecule has 0 radical (unpaired) electrons. The first-order valence-corrected chi connectivity index (χ1v) is 8.17. The maximum absolute atomic E-state index is 12.6. The lowest BCUT2D eigenvalue weighted by Crippen LogP contribution is -2.52. The predicted octanol–water partition coefficient (Wildman–Crippen LogP) is 3.08. The molecule has 0 fully saturated rings. The van der Waals surface area contributed by atoms with E-state index in [-0.39, 0.29) is 11.4 Å². The van der Waals surface area contributed by atoms with Crippen LogP contribution in [0.2, 0.25) is 5.02 Å². The van der Waals surface area contributed by atoms with Crippen LogP contribution in [0, 0.1) is 6.92 Å². The van der Waals surface area contributed by atoms with Gasteiger partial charge in [0.25, 0.3) is 5.91 Å². The van der Waals surface area contributed by atoms with Crippen molar-refractivity contribution >= 4 is 17.5 Å². The molecule has 0 aliphatic rings. The minimum absolute atomic E-state index is 0.142. The molecule has 1 aromatic carbocycles. The van der Waals surface area contributed by atoms with Crippen LogP contribution in [0.4, 0.5) is 0 Å². The summed E-state index contributed by atoms with van der Waals surface area (Å²) < 4.78 is 1.68. The molecule has 23 heavy (non-hydrogen) atoms. The Balaban J connectivity index is 2.27. The number of aryl methyl sites for hydroxylation is 1. The summed E-state index contributed by atoms with van der Waals surface area (Å²) in [6.07, 6.45) is 3.31. The van der Waals surface area contributed by atoms with Crippen LogP contribution in [-0.2, 0) is 0 Å². The number of nitrogens with one attached hydrogen (secondary N) is 1. The summed E-state index contributed by atoms with van der Waals surface area (Å²) in [7, 11) is 0. The summed E-state index contributed by atoms with van der Waals surface area (Å²) in [5.41, 5.74) is 7.57. The van der Waals surface area contributed by atoms with Gasteiger partial charge in [-0.05, 0) is 44.0 Å². The monoisotopic (exact) mass is 334 g/mol. The van der Waals surface area contributed by atoms with Crippen LogP contribution in [0.5, 0.6) is 0 Å². The van der Waals surface area contributed by atoms with Crippen LogP contribution in [0.3, 0.4) is 0 Å². The first-order chi connectivity index (χ1) is 10.9. The number of hydrogen-bond donors (Lipinski definition) is 2. The number of amides is 1. The fourth-order valence-corrected chi connectivity index (χ4v) is 2.61. The lowest BCUT2D eigenvalue weighted by molar-refractivity contribution is 0.0894. The second-order valence-electron chi connectivity index (χ2n) is 5.69. The Bertz CT molecular complexity index is 666. The molecule has 0 saturated heterocycles. The molecule has 0 bridgehead atoms. The van der Waals surface area contributed by atoms with E-state index in [0.29, 0.717) is 22.8 Å². The highest BCUT2D eigenvalue weighted by Crippen LogP contribution is 2.18. The molecule has 5 nitrogen and oxygen atoms in total. The van der Waals surface area contributed by atoms with Gasteiger partial charge in [-0.3, -0.25) is 4.79 Å². The van der Waals surface area contributed by atoms with E-state index in [9.17, 15) is 4.79 Å². The number of benzene rings is 1. The summed E-state index contributed by atoms with van der Waals surface area (Å²) in [5.74, 6) is -0.142. The lowest BCUT2D eigenvalue weighted by atomic mass is 9.92. The zero-order chi connectivity index (χ0) is 17.0. The number of halogens is 1. The minimum Gasteiger partial charge on any atom is -0.345 e. The molecule has 2 aromatic rings. The Labute approximate surface area is 141 Å². The normalized spacial score (nSPS) is 11.5. The van der Waals surface area contributed by atoms with Crippen LogP contribution in [0.1, 0.15) is 42.7 Å². The second-order valence-corrected chi connectivity index (χ2v) is 6.13. The van der Waals surface area contributed by atoms with Crippen LogP contribution >= 0.6 is 11.6 Å². The molecule has 3 N–H and O–H groups in total. The average molecular weight is 335 g/mol. The van der Waals surface area contributed by atoms with Gasteiger partial charge in [0.15, 0.2) is 0 Å². The van der Waals surface area contributed by atoms with Gasteiger partial charge in [-0.15, -0.1) is 0 Å². The van der Waals surface area contributed by atoms with Crippen molar-refractivity contribution in [2.75, 3.05) is 6.54 Å². The molecule has 0 unspecified atom stereocenters. The van der Waals surface area contributed by atoms with Gasteiger partial charge >= 0.3 is 0 Å². The van der Waals surface area contributed by atoms with Gasteiger partial charge in [-0.1, -0.05) is 25.4 Å². The number of rotatable bonds is 6. The van der Waals surface area contributed by atoms with Crippen molar-refractivity contribution in [1.29, 1.82) is 0 Å². The van der Waals surface area contributed by atoms with Gasteiger partial charge in [0.2, 0.25) is 0 Å². The summed E-state index contributed by atoms with van der Waals surface area (Å²) in [5, 5.41) is 8.15. The van der Waals surface area contributed by atoms with Crippen LogP contribution in [-0.4, -0.2) is 27.8 Å². The Hall–Kier alpha value is -1.85. The highest BCUT2D eigenvalue weighted by Gasteiger charge is 2.28. The third-order valence-electron chi connectivity index (χ3n) is 4.36. The third kappa shape index (κ3) is 3.74. The SMILES string of the molecule is CCC(CC)(CN)NC(=O)c1cn(-c2ccc(Cl)cc2)nc1C. The largest absolute Gasteiger partial charge is 0.345 e. The van der Waals surface area contributed by atoms with Crippen LogP contribution < -0.4 is 11.1 Å². The van der Waals surface area contributed by atoms with E-state index in [4.69, 9.17) is 17.3 Å². The maximum Gasteiger partial charge on any atom is 0.255 e. The number of aromatic nitrogens is 2. The molecule has 2 rings (SSSR count). The summed E-state index contributed by atoms with van der Waals surface area (Å²) in [6.45, 7) is 6.29. The summed E-state index contributed by atoms with van der Waals surface area (Å²) in [4.78, 5) is 12.6. The molecule has 1 aromatic heterocycles. The molecular weight excluding hydrogens is 312 g/mol. The standard InChI is InChI=1S/C17H23ClN4O/c1-4-17(5-2,11-19)20-16(23)15-10-22(21-12(15)3)14-8-6-13(18)7-9-14/h6-10H,4-5,11,19H2,1-3H3,(H,20,23). The molecule has 0 saturated carbocycles. The highest BCUT2D eigenvalue weighted by atomic mass is 35.5. The fourth-order valence-electron chi connectivity index (χ4n) is 2.48. The predicted molar refractivity (Wildman–Crippen MR) is 93.1 cm³/mol. The number of hydrogen-bond acceptors (Lipinski definition) is 3. The van der Waals surface area contributed by atoms with Gasteiger partial charge in [-0.2, -0.15) is 5.10 Å². The first-order valence-electron chi connectivity index (χ1n) is 7.79. The van der Waals surface area contributed by atoms with Gasteiger partial charge in [0.1, 0.15) is 0 Å². The van der Waals surface area contributed by atoms with E-state index in [2.05, 4.69) is 10.4 Å². The van der Waals surface area contributed by atoms with Crippen molar-refractivity contribution in [2.45, 2.75) is 39.2 Å². The van der Waals surface area contributed by atoms with Crippen LogP contribution in [0.15, 0.2) is 30.5 Å². The van der Waals surface area contributed by atoms with Crippen molar-refractivity contribution < 1.29 is 4.79 Å². The van der Waals surface area contributed by atoms with Crippen LogP contribution in [0.25, 0.3) is 5.69 Å². The molecule has 1 amide bonds. The van der Waals surface area contributed by atoms with E-state index >= 15 is 0 Å². The molecule has 0 spiro atoms.